The van der Waals surface area contributed by atoms with Crippen LogP contribution in [0.15, 0.2) is 36.4 Å². The number of carbonyl (C=O) groups excluding carboxylic acids is 1. The molecule has 2 aromatic carbocycles. The zero-order chi connectivity index (χ0) is 16.6. The molecule has 0 saturated carbocycles. The van der Waals surface area contributed by atoms with E-state index >= 15 is 0 Å². The molecule has 0 heterocycles. The molecule has 0 amide bonds. The molecule has 1 aliphatic carbocycles. The molecule has 3 nitrogen and oxygen atoms in total. The van der Waals surface area contributed by atoms with Gasteiger partial charge in [-0.25, -0.2) is 4.39 Å². The Bertz CT molecular complexity index is 754. The third-order valence-electron chi connectivity index (χ3n) is 4.65. The van der Waals surface area contributed by atoms with Crippen LogP contribution < -0.4 is 9.47 Å². The predicted octanol–water partition coefficient (Wildman–Crippen LogP) is 4.00. The van der Waals surface area contributed by atoms with Crippen LogP contribution in [0.1, 0.15) is 34.3 Å². The highest BCUT2D eigenvalue weighted by Crippen LogP contribution is 2.39. The van der Waals surface area contributed by atoms with Crippen LogP contribution in [-0.2, 0) is 6.42 Å². The fourth-order valence-electron chi connectivity index (χ4n) is 3.25. The van der Waals surface area contributed by atoms with Gasteiger partial charge in [0.15, 0.2) is 5.78 Å². The molecule has 0 N–H and O–H groups in total. The molecule has 3 rings (SSSR count). The average Bonchev–Trinajstić information content (AvgIpc) is 2.58. The molecule has 0 saturated heterocycles. The fraction of sp³-hybridized carbons (Fsp3) is 0.316. The number of rotatable bonds is 3. The van der Waals surface area contributed by atoms with E-state index in [1.165, 1.54) is 13.2 Å². The minimum Gasteiger partial charge on any atom is -0.497 e. The molecule has 0 bridgehead atoms. The Kier molecular flexibility index (Phi) is 4.07. The molecule has 0 fully saturated rings. The van der Waals surface area contributed by atoms with Crippen LogP contribution in [0.2, 0.25) is 0 Å². The summed E-state index contributed by atoms with van der Waals surface area (Å²) < 4.78 is 24.6. The van der Waals surface area contributed by atoms with E-state index in [-0.39, 0.29) is 23.4 Å². The average molecular weight is 314 g/mol. The Balaban J connectivity index is 2.01. The molecule has 23 heavy (non-hydrogen) atoms. The van der Waals surface area contributed by atoms with Crippen molar-refractivity contribution in [3.05, 3.63) is 58.9 Å². The minimum atomic E-state index is -0.328. The number of methoxy groups -OCH3 is 2. The van der Waals surface area contributed by atoms with Crippen molar-refractivity contribution in [1.82, 2.24) is 0 Å². The first kappa shape index (κ1) is 15.5. The summed E-state index contributed by atoms with van der Waals surface area (Å²) in [6, 6.07) is 10.3. The van der Waals surface area contributed by atoms with E-state index in [2.05, 4.69) is 0 Å². The van der Waals surface area contributed by atoms with Crippen molar-refractivity contribution in [2.24, 2.45) is 5.92 Å². The van der Waals surface area contributed by atoms with Gasteiger partial charge in [0.05, 0.1) is 14.2 Å². The molecular weight excluding hydrogens is 295 g/mol. The van der Waals surface area contributed by atoms with Gasteiger partial charge in [0, 0.05) is 23.5 Å². The molecule has 0 aliphatic heterocycles. The van der Waals surface area contributed by atoms with Gasteiger partial charge in [0.25, 0.3) is 0 Å². The first-order valence-corrected chi connectivity index (χ1v) is 7.59. The van der Waals surface area contributed by atoms with Crippen LogP contribution in [0.4, 0.5) is 4.39 Å². The van der Waals surface area contributed by atoms with E-state index < -0.39 is 0 Å². The van der Waals surface area contributed by atoms with Crippen molar-refractivity contribution in [2.75, 3.05) is 14.2 Å². The summed E-state index contributed by atoms with van der Waals surface area (Å²) in [7, 11) is 3.08. The van der Waals surface area contributed by atoms with E-state index in [0.29, 0.717) is 29.0 Å². The van der Waals surface area contributed by atoms with Crippen LogP contribution in [0, 0.1) is 11.7 Å². The lowest BCUT2D eigenvalue weighted by Crippen LogP contribution is -2.28. The van der Waals surface area contributed by atoms with Crippen molar-refractivity contribution in [3.8, 4) is 11.5 Å². The third-order valence-corrected chi connectivity index (χ3v) is 4.65. The number of carbonyl (C=O) groups is 1. The maximum atomic E-state index is 14.4. The summed E-state index contributed by atoms with van der Waals surface area (Å²) in [5, 5.41) is 0. The first-order chi connectivity index (χ1) is 11.0. The van der Waals surface area contributed by atoms with E-state index in [1.54, 1.807) is 25.3 Å². The van der Waals surface area contributed by atoms with Crippen molar-refractivity contribution in [1.29, 1.82) is 0 Å². The quantitative estimate of drug-likeness (QED) is 0.859. The topological polar surface area (TPSA) is 35.5 Å². The molecular formula is C19H19FO3. The number of ether oxygens (including phenoxy) is 2. The van der Waals surface area contributed by atoms with Gasteiger partial charge in [-0.1, -0.05) is 19.1 Å². The maximum Gasteiger partial charge on any atom is 0.166 e. The lowest BCUT2D eigenvalue weighted by atomic mass is 9.72. The molecule has 2 unspecified atom stereocenters. The minimum absolute atomic E-state index is 0.0327. The van der Waals surface area contributed by atoms with Crippen LogP contribution >= 0.6 is 0 Å². The third kappa shape index (κ3) is 2.69. The van der Waals surface area contributed by atoms with Gasteiger partial charge in [0.1, 0.15) is 17.3 Å². The molecule has 0 aromatic heterocycles. The second-order valence-corrected chi connectivity index (χ2v) is 5.87. The van der Waals surface area contributed by atoms with Crippen molar-refractivity contribution in [2.45, 2.75) is 19.3 Å². The standard InChI is InChI=1S/C19H19FO3/c1-11-16(15-7-6-14(23-3)10-18(15)20)8-12-4-5-13(22-2)9-17(12)19(11)21/h4-7,9-11,16H,8H2,1-3H3. The highest BCUT2D eigenvalue weighted by molar-refractivity contribution is 6.01. The number of benzene rings is 2. The number of Topliss-reactive ketones (excluding diaryl/α,β-unsaturated/α-hetero) is 1. The number of ketones is 1. The van der Waals surface area contributed by atoms with Crippen molar-refractivity contribution < 1.29 is 18.7 Å². The Morgan fingerprint density at radius 2 is 1.70 bits per heavy atom. The van der Waals surface area contributed by atoms with Gasteiger partial charge in [-0.3, -0.25) is 4.79 Å². The second-order valence-electron chi connectivity index (χ2n) is 5.87. The van der Waals surface area contributed by atoms with E-state index in [4.69, 9.17) is 9.47 Å². The molecule has 2 aromatic rings. The van der Waals surface area contributed by atoms with E-state index in [1.807, 2.05) is 19.1 Å². The number of halogens is 1. The summed E-state index contributed by atoms with van der Waals surface area (Å²) in [5.74, 6) is 0.396. The predicted molar refractivity (Wildman–Crippen MR) is 85.9 cm³/mol. The van der Waals surface area contributed by atoms with Crippen LogP contribution in [-0.4, -0.2) is 20.0 Å². The summed E-state index contributed by atoms with van der Waals surface area (Å²) >= 11 is 0. The SMILES string of the molecule is COc1ccc(C2Cc3ccc(OC)cc3C(=O)C2C)c(F)c1. The highest BCUT2D eigenvalue weighted by atomic mass is 19.1. The number of hydrogen-bond donors (Lipinski definition) is 0. The molecule has 4 heteroatoms. The van der Waals surface area contributed by atoms with E-state index in [9.17, 15) is 9.18 Å². The van der Waals surface area contributed by atoms with Crippen LogP contribution in [0.5, 0.6) is 11.5 Å². The summed E-state index contributed by atoms with van der Waals surface area (Å²) in [5.41, 5.74) is 2.18. The Hall–Kier alpha value is -2.36. The van der Waals surface area contributed by atoms with Crippen molar-refractivity contribution >= 4 is 5.78 Å². The second kappa shape index (κ2) is 6.03. The Morgan fingerprint density at radius 1 is 1.04 bits per heavy atom. The lowest BCUT2D eigenvalue weighted by molar-refractivity contribution is 0.0897. The Labute approximate surface area is 135 Å². The molecule has 0 radical (unpaired) electrons. The largest absolute Gasteiger partial charge is 0.497 e. The van der Waals surface area contributed by atoms with Crippen molar-refractivity contribution in [3.63, 3.8) is 0 Å². The fourth-order valence-corrected chi connectivity index (χ4v) is 3.25. The highest BCUT2D eigenvalue weighted by Gasteiger charge is 2.34. The number of fused-ring (bicyclic) bond motifs is 1. The van der Waals surface area contributed by atoms with E-state index in [0.717, 1.165) is 5.56 Å². The zero-order valence-electron chi connectivity index (χ0n) is 13.4. The summed E-state index contributed by atoms with van der Waals surface area (Å²) in [4.78, 5) is 12.7. The zero-order valence-corrected chi connectivity index (χ0v) is 13.4. The first-order valence-electron chi connectivity index (χ1n) is 7.59. The molecule has 1 aliphatic rings. The van der Waals surface area contributed by atoms with Crippen LogP contribution in [0.25, 0.3) is 0 Å². The van der Waals surface area contributed by atoms with Crippen LogP contribution in [0.3, 0.4) is 0 Å². The van der Waals surface area contributed by atoms with Gasteiger partial charge in [0.2, 0.25) is 0 Å². The van der Waals surface area contributed by atoms with Gasteiger partial charge < -0.3 is 9.47 Å². The van der Waals surface area contributed by atoms with Gasteiger partial charge in [-0.15, -0.1) is 0 Å². The number of hydrogen-bond acceptors (Lipinski definition) is 3. The molecule has 120 valence electrons. The maximum absolute atomic E-state index is 14.4. The van der Waals surface area contributed by atoms with Gasteiger partial charge >= 0.3 is 0 Å². The molecule has 2 atom stereocenters. The smallest absolute Gasteiger partial charge is 0.166 e. The monoisotopic (exact) mass is 314 g/mol. The summed E-state index contributed by atoms with van der Waals surface area (Å²) in [6.07, 6.45) is 0.634. The Morgan fingerprint density at radius 3 is 2.35 bits per heavy atom. The molecule has 0 spiro atoms. The summed E-state index contributed by atoms with van der Waals surface area (Å²) in [6.45, 7) is 1.86. The van der Waals surface area contributed by atoms with Gasteiger partial charge in [-0.05, 0) is 35.7 Å². The van der Waals surface area contributed by atoms with Gasteiger partial charge in [-0.2, -0.15) is 0 Å². The normalized spacial score (nSPS) is 20.1. The lowest BCUT2D eigenvalue weighted by Gasteiger charge is -2.30.